The van der Waals surface area contributed by atoms with Gasteiger partial charge in [0.05, 0.1) is 6.10 Å². The highest BCUT2D eigenvalue weighted by Gasteiger charge is 2.12. The minimum Gasteiger partial charge on any atom is -0.485 e. The molecule has 0 unspecified atom stereocenters. The predicted molar refractivity (Wildman–Crippen MR) is 102 cm³/mol. The van der Waals surface area contributed by atoms with E-state index in [0.29, 0.717) is 30.3 Å². The maximum atomic E-state index is 10.0. The van der Waals surface area contributed by atoms with Crippen molar-refractivity contribution >= 4 is 0 Å². The molecule has 3 aromatic rings. The first-order valence-corrected chi connectivity index (χ1v) is 8.62. The van der Waals surface area contributed by atoms with Gasteiger partial charge in [-0.15, -0.1) is 0 Å². The molecule has 0 saturated heterocycles. The molecule has 1 atom stereocenters. The molecule has 0 aliphatic carbocycles. The van der Waals surface area contributed by atoms with Gasteiger partial charge in [0.2, 0.25) is 0 Å². The molecule has 3 N–H and O–H groups in total. The summed E-state index contributed by atoms with van der Waals surface area (Å²) < 4.78 is 11.9. The quantitative estimate of drug-likeness (QED) is 0.648. The van der Waals surface area contributed by atoms with E-state index in [1.807, 2.05) is 72.8 Å². The molecule has 0 aliphatic heterocycles. The Bertz CT molecular complexity index is 806. The number of rotatable bonds is 8. The maximum Gasteiger partial charge on any atom is 0.162 e. The Kier molecular flexibility index (Phi) is 6.25. The van der Waals surface area contributed by atoms with E-state index < -0.39 is 6.10 Å². The zero-order valence-corrected chi connectivity index (χ0v) is 14.5. The number of ether oxygens (including phenoxy) is 2. The van der Waals surface area contributed by atoms with Crippen LogP contribution >= 0.6 is 0 Å². The van der Waals surface area contributed by atoms with Crippen LogP contribution < -0.4 is 15.2 Å². The third-order valence-electron chi connectivity index (χ3n) is 4.05. The first kappa shape index (κ1) is 18.0. The lowest BCUT2D eigenvalue weighted by Crippen LogP contribution is -2.12. The molecule has 0 spiro atoms. The average Bonchev–Trinajstić information content (AvgIpc) is 2.72. The Hall–Kier alpha value is -2.82. The minimum atomic E-state index is -0.725. The molecule has 0 aliphatic rings. The van der Waals surface area contributed by atoms with Crippen molar-refractivity contribution < 1.29 is 14.6 Å². The lowest BCUT2D eigenvalue weighted by Gasteiger charge is -2.16. The second-order valence-corrected chi connectivity index (χ2v) is 6.01. The number of hydrogen-bond acceptors (Lipinski definition) is 4. The largest absolute Gasteiger partial charge is 0.485 e. The van der Waals surface area contributed by atoms with Gasteiger partial charge < -0.3 is 20.3 Å². The lowest BCUT2D eigenvalue weighted by molar-refractivity contribution is 0.185. The molecule has 0 fully saturated rings. The van der Waals surface area contributed by atoms with Crippen LogP contribution in [0.2, 0.25) is 0 Å². The van der Waals surface area contributed by atoms with Crippen LogP contribution in [0.4, 0.5) is 0 Å². The lowest BCUT2D eigenvalue weighted by atomic mass is 10.1. The van der Waals surface area contributed by atoms with E-state index in [9.17, 15) is 5.11 Å². The van der Waals surface area contributed by atoms with Gasteiger partial charge in [0.15, 0.2) is 11.5 Å². The second-order valence-electron chi connectivity index (χ2n) is 6.01. The normalized spacial score (nSPS) is 11.8. The van der Waals surface area contributed by atoms with Gasteiger partial charge in [0, 0.05) is 6.54 Å². The summed E-state index contributed by atoms with van der Waals surface area (Å²) in [5.41, 5.74) is 8.42. The van der Waals surface area contributed by atoms with E-state index in [-0.39, 0.29) is 6.54 Å². The smallest absolute Gasteiger partial charge is 0.162 e. The Morgan fingerprint density at radius 1 is 0.731 bits per heavy atom. The number of aliphatic hydroxyl groups excluding tert-OH is 1. The van der Waals surface area contributed by atoms with E-state index in [4.69, 9.17) is 15.2 Å². The molecule has 0 amide bonds. The number of benzene rings is 3. The summed E-state index contributed by atoms with van der Waals surface area (Å²) in [5.74, 6) is 1.23. The van der Waals surface area contributed by atoms with Crippen LogP contribution in [-0.4, -0.2) is 11.7 Å². The van der Waals surface area contributed by atoms with Gasteiger partial charge >= 0.3 is 0 Å². The third-order valence-corrected chi connectivity index (χ3v) is 4.05. The van der Waals surface area contributed by atoms with Gasteiger partial charge in [-0.05, 0) is 28.8 Å². The third kappa shape index (κ3) is 4.85. The molecule has 134 valence electrons. The highest BCUT2D eigenvalue weighted by atomic mass is 16.5. The fourth-order valence-corrected chi connectivity index (χ4v) is 2.57. The topological polar surface area (TPSA) is 64.7 Å². The van der Waals surface area contributed by atoms with Crippen LogP contribution in [-0.2, 0) is 13.2 Å². The molecule has 4 nitrogen and oxygen atoms in total. The molecular formula is C22H23NO3. The SMILES string of the molecule is NC[C@@H](O)c1ccc(OCc2ccccc2)c(OCc2ccccc2)c1. The average molecular weight is 349 g/mol. The van der Waals surface area contributed by atoms with Gasteiger partial charge in [-0.25, -0.2) is 0 Å². The summed E-state index contributed by atoms with van der Waals surface area (Å²) in [6.45, 7) is 1.02. The van der Waals surface area contributed by atoms with Gasteiger partial charge in [-0.2, -0.15) is 0 Å². The Labute approximate surface area is 153 Å². The summed E-state index contributed by atoms with van der Waals surface area (Å²) in [7, 11) is 0. The second kappa shape index (κ2) is 9.04. The molecule has 0 saturated carbocycles. The Morgan fingerprint density at radius 3 is 1.81 bits per heavy atom. The molecule has 3 aromatic carbocycles. The summed E-state index contributed by atoms with van der Waals surface area (Å²) in [6.07, 6.45) is -0.725. The number of hydrogen-bond donors (Lipinski definition) is 2. The van der Waals surface area contributed by atoms with Crippen molar-refractivity contribution in [3.8, 4) is 11.5 Å². The van der Waals surface area contributed by atoms with Crippen molar-refractivity contribution in [2.24, 2.45) is 5.73 Å². The fourth-order valence-electron chi connectivity index (χ4n) is 2.57. The van der Waals surface area contributed by atoms with Gasteiger partial charge in [-0.1, -0.05) is 66.7 Å². The summed E-state index contributed by atoms with van der Waals surface area (Å²) >= 11 is 0. The fraction of sp³-hybridized carbons (Fsp3) is 0.182. The van der Waals surface area contributed by atoms with Crippen LogP contribution in [0.1, 0.15) is 22.8 Å². The Morgan fingerprint density at radius 2 is 1.27 bits per heavy atom. The molecule has 0 aromatic heterocycles. The summed E-state index contributed by atoms with van der Waals surface area (Å²) in [4.78, 5) is 0. The van der Waals surface area contributed by atoms with E-state index in [2.05, 4.69) is 0 Å². The molecular weight excluding hydrogens is 326 g/mol. The van der Waals surface area contributed by atoms with E-state index in [1.165, 1.54) is 0 Å². The van der Waals surface area contributed by atoms with Crippen LogP contribution in [0.25, 0.3) is 0 Å². The van der Waals surface area contributed by atoms with E-state index >= 15 is 0 Å². The molecule has 0 bridgehead atoms. The zero-order valence-electron chi connectivity index (χ0n) is 14.5. The molecule has 0 heterocycles. The van der Waals surface area contributed by atoms with Crippen molar-refractivity contribution in [3.05, 3.63) is 95.6 Å². The van der Waals surface area contributed by atoms with Gasteiger partial charge in [0.25, 0.3) is 0 Å². The zero-order chi connectivity index (χ0) is 18.2. The predicted octanol–water partition coefficient (Wildman–Crippen LogP) is 3.84. The summed E-state index contributed by atoms with van der Waals surface area (Å²) in [6, 6.07) is 25.3. The number of nitrogens with two attached hydrogens (primary N) is 1. The van der Waals surface area contributed by atoms with Crippen molar-refractivity contribution in [2.45, 2.75) is 19.3 Å². The molecule has 3 rings (SSSR count). The Balaban J connectivity index is 1.77. The van der Waals surface area contributed by atoms with Crippen molar-refractivity contribution in [3.63, 3.8) is 0 Å². The van der Waals surface area contributed by atoms with Crippen molar-refractivity contribution in [1.29, 1.82) is 0 Å². The highest BCUT2D eigenvalue weighted by molar-refractivity contribution is 5.44. The highest BCUT2D eigenvalue weighted by Crippen LogP contribution is 2.32. The molecule has 0 radical (unpaired) electrons. The number of aliphatic hydroxyl groups is 1. The van der Waals surface area contributed by atoms with Crippen LogP contribution in [0.15, 0.2) is 78.9 Å². The van der Waals surface area contributed by atoms with Gasteiger partial charge in [0.1, 0.15) is 13.2 Å². The van der Waals surface area contributed by atoms with Crippen LogP contribution in [0, 0.1) is 0 Å². The summed E-state index contributed by atoms with van der Waals surface area (Å²) in [5, 5.41) is 10.0. The van der Waals surface area contributed by atoms with E-state index in [0.717, 1.165) is 11.1 Å². The molecule has 4 heteroatoms. The standard InChI is InChI=1S/C22H23NO3/c23-14-20(24)19-11-12-21(25-15-17-7-3-1-4-8-17)22(13-19)26-16-18-9-5-2-6-10-18/h1-13,20,24H,14-16,23H2/t20-/m1/s1. The van der Waals surface area contributed by atoms with Crippen LogP contribution in [0.3, 0.4) is 0 Å². The first-order chi connectivity index (χ1) is 12.8. The molecule has 26 heavy (non-hydrogen) atoms. The minimum absolute atomic E-state index is 0.155. The van der Waals surface area contributed by atoms with E-state index in [1.54, 1.807) is 6.07 Å². The van der Waals surface area contributed by atoms with Crippen molar-refractivity contribution in [2.75, 3.05) is 6.54 Å². The van der Waals surface area contributed by atoms with Crippen LogP contribution in [0.5, 0.6) is 11.5 Å². The maximum absolute atomic E-state index is 10.0. The first-order valence-electron chi connectivity index (χ1n) is 8.62. The van der Waals surface area contributed by atoms with Crippen molar-refractivity contribution in [1.82, 2.24) is 0 Å². The van der Waals surface area contributed by atoms with Gasteiger partial charge in [-0.3, -0.25) is 0 Å². The monoisotopic (exact) mass is 349 g/mol.